The topological polar surface area (TPSA) is 127 Å². The van der Waals surface area contributed by atoms with Crippen LogP contribution in [-0.4, -0.2) is 47.4 Å². The van der Waals surface area contributed by atoms with E-state index in [0.717, 1.165) is 22.0 Å². The number of ether oxygens (including phenoxy) is 2. The van der Waals surface area contributed by atoms with Crippen molar-refractivity contribution >= 4 is 34.7 Å². The molecular formula is C27H29N3O6. The first kappa shape index (κ1) is 25.0. The van der Waals surface area contributed by atoms with E-state index in [4.69, 9.17) is 9.47 Å². The van der Waals surface area contributed by atoms with Gasteiger partial charge in [0.05, 0.1) is 6.61 Å². The molecule has 0 spiro atoms. The highest BCUT2D eigenvalue weighted by atomic mass is 16.5. The van der Waals surface area contributed by atoms with Gasteiger partial charge in [-0.15, -0.1) is 0 Å². The fourth-order valence-electron chi connectivity index (χ4n) is 3.95. The first-order valence-corrected chi connectivity index (χ1v) is 12.0. The highest BCUT2D eigenvalue weighted by molar-refractivity contribution is 6.08. The first-order chi connectivity index (χ1) is 17.5. The zero-order valence-corrected chi connectivity index (χ0v) is 20.0. The van der Waals surface area contributed by atoms with E-state index in [-0.39, 0.29) is 31.3 Å². The standard InChI is InChI=1S/C27H29N3O6/c1-2-35-26(33)23(24(31)18-12-13-18)30-25(32)22(14-19-15-28-21-11-7-6-10-20(19)21)29-27(34)36-16-17-8-4-3-5-9-17/h3-11,15,18,22-23,28H,2,12-14,16H2,1H3,(H,29,34)(H,30,32)/t22-,23?/m1/s1. The normalized spacial score (nSPS) is 14.5. The molecule has 1 heterocycles. The van der Waals surface area contributed by atoms with E-state index < -0.39 is 30.1 Å². The molecule has 3 aromatic rings. The van der Waals surface area contributed by atoms with Crippen molar-refractivity contribution in [3.63, 3.8) is 0 Å². The van der Waals surface area contributed by atoms with E-state index in [1.165, 1.54) is 0 Å². The third kappa shape index (κ3) is 6.29. The number of fused-ring (bicyclic) bond motifs is 1. The van der Waals surface area contributed by atoms with Crippen molar-refractivity contribution in [1.29, 1.82) is 0 Å². The van der Waals surface area contributed by atoms with Crippen LogP contribution in [0.25, 0.3) is 10.9 Å². The Bertz CT molecular complexity index is 1230. The van der Waals surface area contributed by atoms with Crippen LogP contribution < -0.4 is 10.6 Å². The fraction of sp³-hybridized carbons (Fsp3) is 0.333. The second-order valence-electron chi connectivity index (χ2n) is 8.69. The van der Waals surface area contributed by atoms with E-state index in [1.807, 2.05) is 54.6 Å². The molecule has 0 radical (unpaired) electrons. The van der Waals surface area contributed by atoms with Crippen LogP contribution in [0.4, 0.5) is 4.79 Å². The molecule has 3 N–H and O–H groups in total. The molecule has 9 heteroatoms. The molecule has 2 aromatic carbocycles. The third-order valence-corrected chi connectivity index (χ3v) is 5.99. The quantitative estimate of drug-likeness (QED) is 0.280. The van der Waals surface area contributed by atoms with Gasteiger partial charge in [-0.3, -0.25) is 9.59 Å². The molecule has 1 aliphatic carbocycles. The van der Waals surface area contributed by atoms with Crippen molar-refractivity contribution < 1.29 is 28.7 Å². The van der Waals surface area contributed by atoms with Crippen molar-refractivity contribution in [3.8, 4) is 0 Å². The predicted octanol–water partition coefficient (Wildman–Crippen LogP) is 3.03. The van der Waals surface area contributed by atoms with Gasteiger partial charge in [-0.1, -0.05) is 48.5 Å². The number of hydrogen-bond acceptors (Lipinski definition) is 6. The maximum absolute atomic E-state index is 13.3. The zero-order valence-electron chi connectivity index (χ0n) is 20.0. The van der Waals surface area contributed by atoms with Crippen LogP contribution in [0, 0.1) is 5.92 Å². The van der Waals surface area contributed by atoms with Crippen LogP contribution in [0.2, 0.25) is 0 Å². The Morgan fingerprint density at radius 2 is 1.69 bits per heavy atom. The second-order valence-corrected chi connectivity index (χ2v) is 8.69. The number of benzene rings is 2. The third-order valence-electron chi connectivity index (χ3n) is 5.99. The van der Waals surface area contributed by atoms with Crippen LogP contribution >= 0.6 is 0 Å². The number of para-hydroxylation sites is 1. The Hall–Kier alpha value is -4.14. The van der Waals surface area contributed by atoms with Gasteiger partial charge in [0.1, 0.15) is 12.6 Å². The summed E-state index contributed by atoms with van der Waals surface area (Å²) in [6.07, 6.45) is 2.43. The zero-order chi connectivity index (χ0) is 25.5. The smallest absolute Gasteiger partial charge is 0.408 e. The van der Waals surface area contributed by atoms with Crippen molar-refractivity contribution in [1.82, 2.24) is 15.6 Å². The Labute approximate surface area is 208 Å². The number of rotatable bonds is 11. The van der Waals surface area contributed by atoms with Crippen LogP contribution in [0.15, 0.2) is 60.8 Å². The lowest BCUT2D eigenvalue weighted by molar-refractivity contribution is -0.151. The van der Waals surface area contributed by atoms with Gasteiger partial charge in [-0.2, -0.15) is 0 Å². The lowest BCUT2D eigenvalue weighted by atomic mass is 10.0. The van der Waals surface area contributed by atoms with Crippen molar-refractivity contribution in [2.24, 2.45) is 5.92 Å². The van der Waals surface area contributed by atoms with Crippen LogP contribution in [-0.2, 0) is 36.9 Å². The largest absolute Gasteiger partial charge is 0.464 e. The molecule has 2 atom stereocenters. The van der Waals surface area contributed by atoms with Gasteiger partial charge < -0.3 is 25.1 Å². The minimum Gasteiger partial charge on any atom is -0.464 e. The minimum absolute atomic E-state index is 0.0275. The molecule has 4 rings (SSSR count). The molecule has 1 saturated carbocycles. The molecule has 1 unspecified atom stereocenters. The number of esters is 1. The molecule has 9 nitrogen and oxygen atoms in total. The summed E-state index contributed by atoms with van der Waals surface area (Å²) in [5.41, 5.74) is 2.46. The van der Waals surface area contributed by atoms with Crippen molar-refractivity contribution in [2.75, 3.05) is 6.61 Å². The van der Waals surface area contributed by atoms with Gasteiger partial charge >= 0.3 is 12.1 Å². The van der Waals surface area contributed by atoms with Gasteiger partial charge in [0.15, 0.2) is 11.8 Å². The Morgan fingerprint density at radius 1 is 0.972 bits per heavy atom. The molecule has 1 fully saturated rings. The molecule has 0 bridgehead atoms. The second kappa shape index (κ2) is 11.5. The molecule has 0 saturated heterocycles. The number of Topliss-reactive ketones (excluding diaryl/α,β-unsaturated/α-hetero) is 1. The van der Waals surface area contributed by atoms with E-state index >= 15 is 0 Å². The van der Waals surface area contributed by atoms with Gasteiger partial charge in [-0.25, -0.2) is 9.59 Å². The number of amides is 2. The Morgan fingerprint density at radius 3 is 2.42 bits per heavy atom. The maximum atomic E-state index is 13.3. The Kier molecular flexibility index (Phi) is 7.99. The number of ketones is 1. The Balaban J connectivity index is 1.51. The lowest BCUT2D eigenvalue weighted by Gasteiger charge is -2.22. The summed E-state index contributed by atoms with van der Waals surface area (Å²) in [4.78, 5) is 54.3. The van der Waals surface area contributed by atoms with Crippen LogP contribution in [0.1, 0.15) is 30.9 Å². The summed E-state index contributed by atoms with van der Waals surface area (Å²) in [5, 5.41) is 6.01. The van der Waals surface area contributed by atoms with Gasteiger partial charge in [0, 0.05) is 29.4 Å². The molecule has 0 aliphatic heterocycles. The summed E-state index contributed by atoms with van der Waals surface area (Å²) in [6.45, 7) is 1.73. The van der Waals surface area contributed by atoms with E-state index in [0.29, 0.717) is 12.8 Å². The number of hydrogen-bond donors (Lipinski definition) is 3. The van der Waals surface area contributed by atoms with Crippen LogP contribution in [0.3, 0.4) is 0 Å². The lowest BCUT2D eigenvalue weighted by Crippen LogP contribution is -2.55. The number of carbonyl (C=O) groups excluding carboxylic acids is 4. The van der Waals surface area contributed by atoms with Gasteiger partial charge in [-0.05, 0) is 37.0 Å². The molecule has 2 amide bonds. The number of carbonyl (C=O) groups is 4. The number of aromatic amines is 1. The average Bonchev–Trinajstić information content (AvgIpc) is 3.67. The summed E-state index contributed by atoms with van der Waals surface area (Å²) in [6, 6.07) is 14.2. The number of alkyl carbamates (subject to hydrolysis) is 1. The number of aromatic nitrogens is 1. The monoisotopic (exact) mass is 491 g/mol. The fourth-order valence-corrected chi connectivity index (χ4v) is 3.95. The van der Waals surface area contributed by atoms with E-state index in [9.17, 15) is 19.2 Å². The molecule has 1 aromatic heterocycles. The van der Waals surface area contributed by atoms with E-state index in [2.05, 4.69) is 15.6 Å². The van der Waals surface area contributed by atoms with Crippen molar-refractivity contribution in [2.45, 2.75) is 44.9 Å². The average molecular weight is 492 g/mol. The van der Waals surface area contributed by atoms with Crippen LogP contribution in [0.5, 0.6) is 0 Å². The van der Waals surface area contributed by atoms with Gasteiger partial charge in [0.25, 0.3) is 0 Å². The summed E-state index contributed by atoms with van der Waals surface area (Å²) in [5.74, 6) is -2.13. The SMILES string of the molecule is CCOC(=O)C(NC(=O)[C@@H](Cc1c[nH]c2ccccc12)NC(=O)OCc1ccccc1)C(=O)C1CC1. The molecule has 188 valence electrons. The number of H-pyrrole nitrogens is 1. The molecular weight excluding hydrogens is 462 g/mol. The van der Waals surface area contributed by atoms with Crippen molar-refractivity contribution in [3.05, 3.63) is 71.9 Å². The summed E-state index contributed by atoms with van der Waals surface area (Å²) in [7, 11) is 0. The highest BCUT2D eigenvalue weighted by Crippen LogP contribution is 2.31. The highest BCUT2D eigenvalue weighted by Gasteiger charge is 2.41. The van der Waals surface area contributed by atoms with E-state index in [1.54, 1.807) is 13.1 Å². The molecule has 36 heavy (non-hydrogen) atoms. The predicted molar refractivity (Wildman–Crippen MR) is 132 cm³/mol. The number of nitrogens with one attached hydrogen (secondary N) is 3. The van der Waals surface area contributed by atoms with Gasteiger partial charge in [0.2, 0.25) is 5.91 Å². The minimum atomic E-state index is -1.42. The summed E-state index contributed by atoms with van der Waals surface area (Å²) < 4.78 is 10.3. The first-order valence-electron chi connectivity index (χ1n) is 12.0. The summed E-state index contributed by atoms with van der Waals surface area (Å²) >= 11 is 0. The maximum Gasteiger partial charge on any atom is 0.408 e. The molecule has 1 aliphatic rings.